The molecule has 0 aliphatic carbocycles. The van der Waals surface area contributed by atoms with Crippen LogP contribution in [0.4, 0.5) is 13.2 Å². The first-order valence-electron chi connectivity index (χ1n) is 3.97. The molecule has 0 fully saturated rings. The van der Waals surface area contributed by atoms with Crippen molar-refractivity contribution < 1.29 is 18.3 Å². The Kier molecular flexibility index (Phi) is 3.68. The summed E-state index contributed by atoms with van der Waals surface area (Å²) in [5.41, 5.74) is -0.589. The van der Waals surface area contributed by atoms with E-state index in [-0.39, 0.29) is 15.1 Å². The molecular formula is C9H7BrClF3O. The molecule has 0 saturated heterocycles. The van der Waals surface area contributed by atoms with Gasteiger partial charge in [0.25, 0.3) is 0 Å². The molecule has 1 rings (SSSR count). The monoisotopic (exact) mass is 302 g/mol. The zero-order valence-electron chi connectivity index (χ0n) is 7.57. The molecule has 1 unspecified atom stereocenters. The Bertz CT molecular complexity index is 353. The molecule has 0 bridgehead atoms. The van der Waals surface area contributed by atoms with Crippen molar-refractivity contribution in [1.29, 1.82) is 0 Å². The summed E-state index contributed by atoms with van der Waals surface area (Å²) in [6.07, 6.45) is -5.36. The highest BCUT2D eigenvalue weighted by atomic mass is 79.9. The second-order valence-corrected chi connectivity index (χ2v) is 4.29. The van der Waals surface area contributed by atoms with Gasteiger partial charge in [-0.3, -0.25) is 0 Å². The van der Waals surface area contributed by atoms with Crippen LogP contribution in [-0.2, 0) is 6.18 Å². The highest BCUT2D eigenvalue weighted by Gasteiger charge is 2.32. The van der Waals surface area contributed by atoms with Crippen LogP contribution in [0.25, 0.3) is 0 Å². The van der Waals surface area contributed by atoms with Gasteiger partial charge in [0.1, 0.15) is 0 Å². The van der Waals surface area contributed by atoms with Crippen LogP contribution in [-0.4, -0.2) is 5.11 Å². The molecule has 0 saturated carbocycles. The fourth-order valence-corrected chi connectivity index (χ4v) is 2.43. The Morgan fingerprint density at radius 1 is 1.40 bits per heavy atom. The molecule has 0 radical (unpaired) electrons. The summed E-state index contributed by atoms with van der Waals surface area (Å²) in [4.78, 5) is 0. The van der Waals surface area contributed by atoms with Crippen LogP contribution in [0, 0.1) is 0 Å². The lowest BCUT2D eigenvalue weighted by atomic mass is 10.1. The molecule has 0 aromatic heterocycles. The molecular weight excluding hydrogens is 296 g/mol. The van der Waals surface area contributed by atoms with Gasteiger partial charge in [0, 0.05) is 15.1 Å². The van der Waals surface area contributed by atoms with Gasteiger partial charge in [0.05, 0.1) is 11.7 Å². The Hall–Kier alpha value is -0.260. The van der Waals surface area contributed by atoms with Crippen LogP contribution < -0.4 is 0 Å². The van der Waals surface area contributed by atoms with E-state index in [1.54, 1.807) is 0 Å². The molecule has 1 N–H and O–H groups in total. The normalized spacial score (nSPS) is 14.1. The van der Waals surface area contributed by atoms with Crippen molar-refractivity contribution in [1.82, 2.24) is 0 Å². The Morgan fingerprint density at radius 3 is 2.27 bits per heavy atom. The van der Waals surface area contributed by atoms with Crippen LogP contribution in [0.15, 0.2) is 16.6 Å². The van der Waals surface area contributed by atoms with Crippen molar-refractivity contribution in [3.05, 3.63) is 32.8 Å². The summed E-state index contributed by atoms with van der Waals surface area (Å²) in [7, 11) is 0. The molecule has 0 heterocycles. The molecule has 0 aliphatic heterocycles. The number of hydrogen-bond acceptors (Lipinski definition) is 1. The van der Waals surface area contributed by atoms with Gasteiger partial charge in [-0.25, -0.2) is 0 Å². The van der Waals surface area contributed by atoms with Gasteiger partial charge in [0.2, 0.25) is 0 Å². The SMILES string of the molecule is CC(O)c1c(Cl)cc(C(F)(F)F)cc1Br. The van der Waals surface area contributed by atoms with Crippen molar-refractivity contribution in [2.75, 3.05) is 0 Å². The summed E-state index contributed by atoms with van der Waals surface area (Å²) >= 11 is 8.59. The fourth-order valence-electron chi connectivity index (χ4n) is 1.15. The molecule has 6 heteroatoms. The third-order valence-corrected chi connectivity index (χ3v) is 2.79. The lowest BCUT2D eigenvalue weighted by Gasteiger charge is -2.13. The van der Waals surface area contributed by atoms with Crippen molar-refractivity contribution in [3.63, 3.8) is 0 Å². The van der Waals surface area contributed by atoms with E-state index in [1.165, 1.54) is 6.92 Å². The van der Waals surface area contributed by atoms with Gasteiger partial charge < -0.3 is 5.11 Å². The maximum absolute atomic E-state index is 12.3. The quantitative estimate of drug-likeness (QED) is 0.825. The summed E-state index contributed by atoms with van der Waals surface area (Å²) in [6, 6.07) is 1.70. The molecule has 1 aromatic carbocycles. The number of benzene rings is 1. The van der Waals surface area contributed by atoms with Gasteiger partial charge >= 0.3 is 6.18 Å². The molecule has 1 atom stereocenters. The standard InChI is InChI=1S/C9H7BrClF3O/c1-4(15)8-6(10)2-5(3-7(8)11)9(12,13)14/h2-4,15H,1H3. The second-order valence-electron chi connectivity index (χ2n) is 3.03. The molecule has 1 nitrogen and oxygen atoms in total. The minimum Gasteiger partial charge on any atom is -0.389 e. The van der Waals surface area contributed by atoms with E-state index in [9.17, 15) is 18.3 Å². The van der Waals surface area contributed by atoms with Crippen molar-refractivity contribution in [2.45, 2.75) is 19.2 Å². The number of alkyl halides is 3. The predicted octanol–water partition coefficient (Wildman–Crippen LogP) is 4.17. The van der Waals surface area contributed by atoms with Crippen molar-refractivity contribution in [3.8, 4) is 0 Å². The highest BCUT2D eigenvalue weighted by Crippen LogP contribution is 2.38. The van der Waals surface area contributed by atoms with E-state index >= 15 is 0 Å². The molecule has 0 amide bonds. The fraction of sp³-hybridized carbons (Fsp3) is 0.333. The maximum atomic E-state index is 12.3. The van der Waals surface area contributed by atoms with Crippen LogP contribution in [0.1, 0.15) is 24.2 Å². The zero-order valence-corrected chi connectivity index (χ0v) is 9.91. The van der Waals surface area contributed by atoms with E-state index in [1.807, 2.05) is 0 Å². The van der Waals surface area contributed by atoms with E-state index < -0.39 is 17.8 Å². The first kappa shape index (κ1) is 12.8. The van der Waals surface area contributed by atoms with Gasteiger partial charge in [-0.05, 0) is 19.1 Å². The van der Waals surface area contributed by atoms with Crippen LogP contribution in [0.5, 0.6) is 0 Å². The molecule has 0 spiro atoms. The topological polar surface area (TPSA) is 20.2 Å². The van der Waals surface area contributed by atoms with E-state index in [0.29, 0.717) is 0 Å². The number of halogens is 5. The average Bonchev–Trinajstić information content (AvgIpc) is 1.99. The number of hydrogen-bond donors (Lipinski definition) is 1. The van der Waals surface area contributed by atoms with E-state index in [2.05, 4.69) is 15.9 Å². The average molecular weight is 304 g/mol. The maximum Gasteiger partial charge on any atom is 0.416 e. The first-order chi connectivity index (χ1) is 6.73. The van der Waals surface area contributed by atoms with Crippen LogP contribution in [0.2, 0.25) is 5.02 Å². The molecule has 0 aliphatic rings. The predicted molar refractivity (Wildman–Crippen MR) is 54.8 cm³/mol. The number of rotatable bonds is 1. The molecule has 15 heavy (non-hydrogen) atoms. The van der Waals surface area contributed by atoms with Gasteiger partial charge in [-0.15, -0.1) is 0 Å². The van der Waals surface area contributed by atoms with Gasteiger partial charge in [0.15, 0.2) is 0 Å². The summed E-state index contributed by atoms with van der Waals surface area (Å²) in [5, 5.41) is 9.18. The Morgan fingerprint density at radius 2 is 1.93 bits per heavy atom. The van der Waals surface area contributed by atoms with E-state index in [4.69, 9.17) is 11.6 Å². The lowest BCUT2D eigenvalue weighted by molar-refractivity contribution is -0.137. The largest absolute Gasteiger partial charge is 0.416 e. The van der Waals surface area contributed by atoms with Crippen LogP contribution in [0.3, 0.4) is 0 Å². The third-order valence-electron chi connectivity index (χ3n) is 1.82. The summed E-state index contributed by atoms with van der Waals surface area (Å²) in [5.74, 6) is 0. The summed E-state index contributed by atoms with van der Waals surface area (Å²) < 4.78 is 37.2. The highest BCUT2D eigenvalue weighted by molar-refractivity contribution is 9.10. The van der Waals surface area contributed by atoms with Crippen molar-refractivity contribution >= 4 is 27.5 Å². The number of aliphatic hydroxyl groups is 1. The van der Waals surface area contributed by atoms with Gasteiger partial charge in [-0.1, -0.05) is 27.5 Å². The van der Waals surface area contributed by atoms with Crippen molar-refractivity contribution in [2.24, 2.45) is 0 Å². The van der Waals surface area contributed by atoms with Crippen LogP contribution >= 0.6 is 27.5 Å². The number of aliphatic hydroxyl groups excluding tert-OH is 1. The summed E-state index contributed by atoms with van der Waals surface area (Å²) in [6.45, 7) is 1.43. The third kappa shape index (κ3) is 2.86. The Balaban J connectivity index is 3.32. The van der Waals surface area contributed by atoms with Gasteiger partial charge in [-0.2, -0.15) is 13.2 Å². The van der Waals surface area contributed by atoms with E-state index in [0.717, 1.165) is 12.1 Å². The first-order valence-corrected chi connectivity index (χ1v) is 5.14. The molecule has 84 valence electrons. The molecule has 1 aromatic rings. The smallest absolute Gasteiger partial charge is 0.389 e. The Labute approximate surface area is 98.0 Å². The minimum absolute atomic E-state index is 0.105. The lowest BCUT2D eigenvalue weighted by Crippen LogP contribution is -2.06. The second kappa shape index (κ2) is 4.31. The minimum atomic E-state index is -4.44. The zero-order chi connectivity index (χ0) is 11.8.